The van der Waals surface area contributed by atoms with Crippen molar-refractivity contribution in [3.05, 3.63) is 11.6 Å². The molecule has 0 bridgehead atoms. The zero-order valence-electron chi connectivity index (χ0n) is 23.3. The van der Waals surface area contributed by atoms with Crippen LogP contribution in [0.3, 0.4) is 0 Å². The third-order valence-electron chi connectivity index (χ3n) is 11.7. The Labute approximate surface area is 218 Å². The summed E-state index contributed by atoms with van der Waals surface area (Å²) in [6, 6.07) is 0. The van der Waals surface area contributed by atoms with E-state index < -0.39 is 29.9 Å². The normalized spacial score (nSPS) is 41.6. The van der Waals surface area contributed by atoms with Crippen LogP contribution in [0, 0.1) is 52.3 Å². The van der Waals surface area contributed by atoms with Gasteiger partial charge in [-0.1, -0.05) is 65.5 Å². The fourth-order valence-corrected chi connectivity index (χ4v) is 9.67. The molecular weight excluding hydrogens is 452 g/mol. The van der Waals surface area contributed by atoms with Gasteiger partial charge in [0.1, 0.15) is 0 Å². The van der Waals surface area contributed by atoms with Gasteiger partial charge in [0.05, 0.1) is 17.9 Å². The molecule has 0 amide bonds. The predicted molar refractivity (Wildman–Crippen MR) is 141 cm³/mol. The summed E-state index contributed by atoms with van der Waals surface area (Å²) >= 11 is 0. The maximum atomic E-state index is 11.9. The molecular formula is C31H50O5. The summed E-state index contributed by atoms with van der Waals surface area (Å²) in [5.41, 5.74) is 0.124. The second-order valence-corrected chi connectivity index (χ2v) is 14.1. The smallest absolute Gasteiger partial charge is 0.310 e. The van der Waals surface area contributed by atoms with Crippen LogP contribution in [-0.4, -0.2) is 32.9 Å². The van der Waals surface area contributed by atoms with Gasteiger partial charge < -0.3 is 15.3 Å². The standard InChI is InChI=1S/C31H50O5/c1-19(2)7-6-8-20(3)23-11-12-24-22-10-9-21-18-31(36,26(28(34)35)17-27(32)33)16-15-29(21,4)25(22)13-14-30(23,24)5/h9,19-20,22-26,36H,6-8,10-18H2,1-5H3,(H,32,33)(H,34,35)/t20-,22+,23-,24+,25+,26?,29+,30-,31-/m1/s1. The lowest BCUT2D eigenvalue weighted by molar-refractivity contribution is -0.163. The Bertz CT molecular complexity index is 878. The Hall–Kier alpha value is -1.36. The number of allylic oxidation sites excluding steroid dienone is 1. The quantitative estimate of drug-likeness (QED) is 0.297. The summed E-state index contributed by atoms with van der Waals surface area (Å²) in [5.74, 6) is 0.761. The van der Waals surface area contributed by atoms with Crippen LogP contribution in [0.4, 0.5) is 0 Å². The summed E-state index contributed by atoms with van der Waals surface area (Å²) in [6.45, 7) is 12.1. The highest BCUT2D eigenvalue weighted by atomic mass is 16.4. The Balaban J connectivity index is 1.51. The average molecular weight is 503 g/mol. The predicted octanol–water partition coefficient (Wildman–Crippen LogP) is 6.93. The highest BCUT2D eigenvalue weighted by Crippen LogP contribution is 2.68. The Morgan fingerprint density at radius 3 is 2.36 bits per heavy atom. The van der Waals surface area contributed by atoms with E-state index in [1.165, 1.54) is 50.5 Å². The van der Waals surface area contributed by atoms with Gasteiger partial charge in [-0.15, -0.1) is 0 Å². The van der Waals surface area contributed by atoms with Crippen LogP contribution in [0.1, 0.15) is 112 Å². The zero-order valence-corrected chi connectivity index (χ0v) is 23.3. The first-order chi connectivity index (χ1) is 16.8. The Kier molecular flexibility index (Phi) is 7.74. The van der Waals surface area contributed by atoms with E-state index in [0.717, 1.165) is 36.5 Å². The summed E-state index contributed by atoms with van der Waals surface area (Å²) < 4.78 is 0. The minimum Gasteiger partial charge on any atom is -0.481 e. The van der Waals surface area contributed by atoms with Gasteiger partial charge in [-0.05, 0) is 97.7 Å². The first kappa shape index (κ1) is 27.7. The first-order valence-corrected chi connectivity index (χ1v) is 14.7. The highest BCUT2D eigenvalue weighted by Gasteiger charge is 2.60. The van der Waals surface area contributed by atoms with Crippen molar-refractivity contribution < 1.29 is 24.9 Å². The lowest BCUT2D eigenvalue weighted by Gasteiger charge is -2.59. The van der Waals surface area contributed by atoms with Gasteiger partial charge in [-0.25, -0.2) is 0 Å². The molecule has 0 aromatic rings. The van der Waals surface area contributed by atoms with Crippen molar-refractivity contribution in [1.82, 2.24) is 0 Å². The lowest BCUT2D eigenvalue weighted by Crippen LogP contribution is -2.54. The molecule has 0 aromatic heterocycles. The third-order valence-corrected chi connectivity index (χ3v) is 11.7. The second kappa shape index (κ2) is 10.1. The number of fused-ring (bicyclic) bond motifs is 5. The van der Waals surface area contributed by atoms with E-state index in [0.29, 0.717) is 30.1 Å². The molecule has 4 aliphatic rings. The van der Waals surface area contributed by atoms with Crippen LogP contribution >= 0.6 is 0 Å². The van der Waals surface area contributed by atoms with Gasteiger partial charge in [-0.3, -0.25) is 9.59 Å². The molecule has 4 rings (SSSR count). The summed E-state index contributed by atoms with van der Waals surface area (Å²) in [5, 5.41) is 30.4. The Morgan fingerprint density at radius 2 is 1.72 bits per heavy atom. The number of carbonyl (C=O) groups is 2. The number of hydrogen-bond donors (Lipinski definition) is 3. The van der Waals surface area contributed by atoms with Gasteiger partial charge in [0.2, 0.25) is 0 Å². The van der Waals surface area contributed by atoms with Crippen LogP contribution in [0.2, 0.25) is 0 Å². The van der Waals surface area contributed by atoms with Crippen molar-refractivity contribution in [2.24, 2.45) is 52.3 Å². The molecule has 4 aliphatic carbocycles. The van der Waals surface area contributed by atoms with Crippen molar-refractivity contribution in [2.45, 2.75) is 117 Å². The van der Waals surface area contributed by atoms with E-state index in [-0.39, 0.29) is 5.41 Å². The minimum absolute atomic E-state index is 0.0102. The highest BCUT2D eigenvalue weighted by molar-refractivity contribution is 5.79. The molecule has 5 heteroatoms. The van der Waals surface area contributed by atoms with Crippen molar-refractivity contribution in [3.63, 3.8) is 0 Å². The lowest BCUT2D eigenvalue weighted by atomic mass is 9.46. The number of carboxylic acids is 2. The SMILES string of the molecule is CC(C)CCC[C@@H](C)[C@H]1CC[C@H]2[C@@H]3CC=C4C[C@@](O)(C(CC(=O)O)C(=O)O)CC[C@]4(C)[C@H]3CC[C@]12C. The fourth-order valence-electron chi connectivity index (χ4n) is 9.67. The van der Waals surface area contributed by atoms with E-state index in [4.69, 9.17) is 0 Å². The van der Waals surface area contributed by atoms with Crippen LogP contribution in [0.15, 0.2) is 11.6 Å². The van der Waals surface area contributed by atoms with Crippen LogP contribution in [0.25, 0.3) is 0 Å². The number of aliphatic hydroxyl groups is 1. The van der Waals surface area contributed by atoms with Gasteiger partial charge in [0.15, 0.2) is 0 Å². The molecule has 5 nitrogen and oxygen atoms in total. The van der Waals surface area contributed by atoms with Crippen molar-refractivity contribution >= 4 is 11.9 Å². The van der Waals surface area contributed by atoms with Gasteiger partial charge >= 0.3 is 11.9 Å². The first-order valence-electron chi connectivity index (χ1n) is 14.7. The maximum Gasteiger partial charge on any atom is 0.310 e. The fraction of sp³-hybridized carbons (Fsp3) is 0.871. The molecule has 3 fully saturated rings. The number of aliphatic carboxylic acids is 2. The van der Waals surface area contributed by atoms with E-state index in [9.17, 15) is 24.9 Å². The molecule has 9 atom stereocenters. The summed E-state index contributed by atoms with van der Waals surface area (Å²) in [6.07, 6.45) is 13.4. The number of carboxylic acid groups (broad SMARTS) is 2. The third kappa shape index (κ3) is 4.78. The van der Waals surface area contributed by atoms with Crippen molar-refractivity contribution in [3.8, 4) is 0 Å². The van der Waals surface area contributed by atoms with Crippen LogP contribution in [0.5, 0.6) is 0 Å². The molecule has 0 heterocycles. The Morgan fingerprint density at radius 1 is 1.00 bits per heavy atom. The zero-order chi connectivity index (χ0) is 26.5. The molecule has 204 valence electrons. The van der Waals surface area contributed by atoms with Crippen molar-refractivity contribution in [2.75, 3.05) is 0 Å². The number of rotatable bonds is 9. The van der Waals surface area contributed by atoms with E-state index in [1.807, 2.05) is 0 Å². The van der Waals surface area contributed by atoms with Gasteiger partial charge in [-0.2, -0.15) is 0 Å². The minimum atomic E-state index is -1.48. The molecule has 0 aromatic carbocycles. The molecule has 0 aliphatic heterocycles. The monoisotopic (exact) mass is 502 g/mol. The molecule has 0 radical (unpaired) electrons. The molecule has 1 unspecified atom stereocenters. The van der Waals surface area contributed by atoms with Crippen LogP contribution in [-0.2, 0) is 9.59 Å². The topological polar surface area (TPSA) is 94.8 Å². The molecule has 0 spiro atoms. The molecule has 0 saturated heterocycles. The average Bonchev–Trinajstić information content (AvgIpc) is 3.14. The van der Waals surface area contributed by atoms with Gasteiger partial charge in [0.25, 0.3) is 0 Å². The second-order valence-electron chi connectivity index (χ2n) is 14.1. The maximum absolute atomic E-state index is 11.9. The van der Waals surface area contributed by atoms with E-state index >= 15 is 0 Å². The molecule has 36 heavy (non-hydrogen) atoms. The van der Waals surface area contributed by atoms with E-state index in [1.54, 1.807) is 0 Å². The van der Waals surface area contributed by atoms with E-state index in [2.05, 4.69) is 40.7 Å². The largest absolute Gasteiger partial charge is 0.481 e. The van der Waals surface area contributed by atoms with Crippen molar-refractivity contribution in [1.29, 1.82) is 0 Å². The summed E-state index contributed by atoms with van der Waals surface area (Å²) in [4.78, 5) is 23.3. The molecule has 3 N–H and O–H groups in total. The molecule has 3 saturated carbocycles. The summed E-state index contributed by atoms with van der Waals surface area (Å²) in [7, 11) is 0. The van der Waals surface area contributed by atoms with Gasteiger partial charge in [0, 0.05) is 0 Å². The number of hydrogen-bond acceptors (Lipinski definition) is 3. The van der Waals surface area contributed by atoms with Crippen LogP contribution < -0.4 is 0 Å².